The first-order valence-corrected chi connectivity index (χ1v) is 9.96. The van der Waals surface area contributed by atoms with Crippen LogP contribution in [0.5, 0.6) is 0 Å². The first-order valence-electron chi connectivity index (χ1n) is 8.78. The van der Waals surface area contributed by atoms with Crippen LogP contribution in [0.2, 0.25) is 5.02 Å². The van der Waals surface area contributed by atoms with E-state index in [1.807, 2.05) is 6.07 Å². The maximum absolute atomic E-state index is 13.9. The summed E-state index contributed by atoms with van der Waals surface area (Å²) in [6.45, 7) is 0. The van der Waals surface area contributed by atoms with Crippen molar-refractivity contribution in [2.45, 2.75) is 6.04 Å². The summed E-state index contributed by atoms with van der Waals surface area (Å²) < 4.78 is 14.4. The molecule has 3 aromatic carbocycles. The number of nitrogens with zero attached hydrogens (tertiary/aromatic N) is 1. The van der Waals surface area contributed by atoms with Gasteiger partial charge < -0.3 is 10.6 Å². The highest BCUT2D eigenvalue weighted by Gasteiger charge is 2.34. The highest BCUT2D eigenvalue weighted by molar-refractivity contribution is 9.10. The second kappa shape index (κ2) is 7.90. The van der Waals surface area contributed by atoms with E-state index in [9.17, 15) is 19.2 Å². The smallest absolute Gasteiger partial charge is 0.257 e. The van der Waals surface area contributed by atoms with E-state index in [1.165, 1.54) is 24.3 Å². The second-order valence-corrected chi connectivity index (χ2v) is 7.92. The van der Waals surface area contributed by atoms with Crippen LogP contribution in [0, 0.1) is 17.1 Å². The van der Waals surface area contributed by atoms with Crippen molar-refractivity contribution in [3.63, 3.8) is 0 Å². The van der Waals surface area contributed by atoms with Crippen molar-refractivity contribution in [2.24, 2.45) is 0 Å². The van der Waals surface area contributed by atoms with Gasteiger partial charge in [0.25, 0.3) is 11.8 Å². The Labute approximate surface area is 184 Å². The van der Waals surface area contributed by atoms with Gasteiger partial charge in [-0.15, -0.1) is 0 Å². The Morgan fingerprint density at radius 1 is 1.20 bits per heavy atom. The van der Waals surface area contributed by atoms with Crippen LogP contribution in [0.3, 0.4) is 0 Å². The maximum atomic E-state index is 13.9. The first-order chi connectivity index (χ1) is 14.4. The van der Waals surface area contributed by atoms with E-state index in [1.54, 1.807) is 30.3 Å². The Balaban J connectivity index is 1.82. The highest BCUT2D eigenvalue weighted by atomic mass is 79.9. The van der Waals surface area contributed by atoms with E-state index in [0.29, 0.717) is 26.9 Å². The normalized spacial score (nSPS) is 14.6. The monoisotopic (exact) mass is 483 g/mol. The van der Waals surface area contributed by atoms with Crippen molar-refractivity contribution in [1.82, 2.24) is 5.32 Å². The van der Waals surface area contributed by atoms with Crippen LogP contribution in [0.15, 0.2) is 59.1 Å². The lowest BCUT2D eigenvalue weighted by Crippen LogP contribution is -2.21. The predicted molar refractivity (Wildman–Crippen MR) is 114 cm³/mol. The molecule has 1 unspecified atom stereocenters. The van der Waals surface area contributed by atoms with Gasteiger partial charge in [-0.1, -0.05) is 39.7 Å². The maximum Gasteiger partial charge on any atom is 0.257 e. The number of nitriles is 1. The fourth-order valence-electron chi connectivity index (χ4n) is 3.44. The fourth-order valence-corrected chi connectivity index (χ4v) is 4.12. The summed E-state index contributed by atoms with van der Waals surface area (Å²) in [6.07, 6.45) is 0. The van der Waals surface area contributed by atoms with Gasteiger partial charge >= 0.3 is 0 Å². The predicted octanol–water partition coefficient (Wildman–Crippen LogP) is 5.20. The van der Waals surface area contributed by atoms with Crippen LogP contribution in [-0.2, 0) is 0 Å². The molecule has 2 amide bonds. The van der Waals surface area contributed by atoms with Crippen molar-refractivity contribution in [2.75, 3.05) is 5.32 Å². The number of hydrogen-bond donors (Lipinski definition) is 2. The molecule has 0 radical (unpaired) electrons. The third-order valence-corrected chi connectivity index (χ3v) is 5.56. The van der Waals surface area contributed by atoms with Crippen molar-refractivity contribution in [1.29, 1.82) is 5.26 Å². The number of hydrogen-bond acceptors (Lipinski definition) is 3. The minimum atomic E-state index is -0.745. The quantitative estimate of drug-likeness (QED) is 0.536. The molecule has 0 aromatic heterocycles. The number of amides is 2. The van der Waals surface area contributed by atoms with Gasteiger partial charge in [0, 0.05) is 31.9 Å². The van der Waals surface area contributed by atoms with E-state index in [4.69, 9.17) is 11.6 Å². The Morgan fingerprint density at radius 3 is 2.73 bits per heavy atom. The molecule has 0 saturated carbocycles. The van der Waals surface area contributed by atoms with Crippen LogP contribution < -0.4 is 10.6 Å². The van der Waals surface area contributed by atoms with Crippen LogP contribution >= 0.6 is 27.5 Å². The molecule has 0 fully saturated rings. The summed E-state index contributed by atoms with van der Waals surface area (Å²) in [5.74, 6) is -1.37. The first kappa shape index (κ1) is 20.1. The van der Waals surface area contributed by atoms with E-state index < -0.39 is 17.8 Å². The SMILES string of the molecule is N#Cc1ccccc1C(=O)Nc1cc(Br)cc2c1C(c1cc(F)ccc1Cl)NC2=O. The minimum Gasteiger partial charge on any atom is -0.341 e. The number of nitrogens with one attached hydrogen (secondary N) is 2. The number of halogens is 3. The number of carbonyl (C=O) groups is 2. The van der Waals surface area contributed by atoms with Crippen molar-refractivity contribution < 1.29 is 14.0 Å². The fraction of sp³-hybridized carbons (Fsp3) is 0.0455. The summed E-state index contributed by atoms with van der Waals surface area (Å²) in [5, 5.41) is 15.1. The summed E-state index contributed by atoms with van der Waals surface area (Å²) in [6, 6.07) is 14.8. The average molecular weight is 485 g/mol. The molecule has 2 N–H and O–H groups in total. The van der Waals surface area contributed by atoms with Gasteiger partial charge in [-0.05, 0) is 42.5 Å². The molecule has 30 heavy (non-hydrogen) atoms. The molecule has 4 rings (SSSR count). The molecular formula is C22H12BrClFN3O2. The molecule has 5 nitrogen and oxygen atoms in total. The van der Waals surface area contributed by atoms with Crippen LogP contribution in [0.4, 0.5) is 10.1 Å². The zero-order valence-electron chi connectivity index (χ0n) is 15.2. The Morgan fingerprint density at radius 2 is 1.97 bits per heavy atom. The lowest BCUT2D eigenvalue weighted by Gasteiger charge is -2.18. The van der Waals surface area contributed by atoms with E-state index in [0.717, 1.165) is 0 Å². The zero-order chi connectivity index (χ0) is 21.4. The summed E-state index contributed by atoms with van der Waals surface area (Å²) in [7, 11) is 0. The molecule has 3 aromatic rings. The van der Waals surface area contributed by atoms with E-state index in [-0.39, 0.29) is 22.1 Å². The molecule has 1 aliphatic rings. The Kier molecular flexibility index (Phi) is 5.29. The largest absolute Gasteiger partial charge is 0.341 e. The highest BCUT2D eigenvalue weighted by Crippen LogP contribution is 2.41. The van der Waals surface area contributed by atoms with Crippen molar-refractivity contribution in [3.05, 3.63) is 97.7 Å². The van der Waals surface area contributed by atoms with Gasteiger partial charge in [0.15, 0.2) is 0 Å². The number of fused-ring (bicyclic) bond motifs is 1. The summed E-state index contributed by atoms with van der Waals surface area (Å²) in [5.41, 5.74) is 1.95. The van der Waals surface area contributed by atoms with Gasteiger partial charge in [0.1, 0.15) is 5.82 Å². The van der Waals surface area contributed by atoms with Crippen LogP contribution in [-0.4, -0.2) is 11.8 Å². The molecule has 1 aliphatic heterocycles. The summed E-state index contributed by atoms with van der Waals surface area (Å²) in [4.78, 5) is 25.5. The summed E-state index contributed by atoms with van der Waals surface area (Å²) >= 11 is 9.61. The molecule has 148 valence electrons. The number of anilines is 1. The van der Waals surface area contributed by atoms with Crippen LogP contribution in [0.1, 0.15) is 43.4 Å². The molecule has 0 spiro atoms. The van der Waals surface area contributed by atoms with Gasteiger partial charge in [-0.2, -0.15) is 5.26 Å². The lowest BCUT2D eigenvalue weighted by atomic mass is 9.96. The molecule has 0 aliphatic carbocycles. The Bertz CT molecular complexity index is 1260. The molecule has 1 heterocycles. The van der Waals surface area contributed by atoms with Gasteiger partial charge in [0.05, 0.1) is 23.2 Å². The number of benzene rings is 3. The molecule has 0 bridgehead atoms. The van der Waals surface area contributed by atoms with Crippen molar-refractivity contribution >= 4 is 45.0 Å². The topological polar surface area (TPSA) is 82.0 Å². The molecule has 0 saturated heterocycles. The van der Waals surface area contributed by atoms with E-state index in [2.05, 4.69) is 26.6 Å². The Hall–Kier alpha value is -3.21. The van der Waals surface area contributed by atoms with Crippen LogP contribution in [0.25, 0.3) is 0 Å². The second-order valence-electron chi connectivity index (χ2n) is 6.60. The molecular weight excluding hydrogens is 473 g/mol. The molecule has 8 heteroatoms. The van der Waals surface area contributed by atoms with Gasteiger partial charge in [-0.3, -0.25) is 9.59 Å². The molecule has 1 atom stereocenters. The third kappa shape index (κ3) is 3.56. The van der Waals surface area contributed by atoms with Gasteiger partial charge in [-0.25, -0.2) is 4.39 Å². The zero-order valence-corrected chi connectivity index (χ0v) is 17.5. The minimum absolute atomic E-state index is 0.200. The van der Waals surface area contributed by atoms with E-state index >= 15 is 0 Å². The van der Waals surface area contributed by atoms with Gasteiger partial charge in [0.2, 0.25) is 0 Å². The third-order valence-electron chi connectivity index (χ3n) is 4.76. The lowest BCUT2D eigenvalue weighted by molar-refractivity contribution is 0.0959. The number of rotatable bonds is 3. The van der Waals surface area contributed by atoms with Crippen molar-refractivity contribution in [3.8, 4) is 6.07 Å². The standard InChI is InChI=1S/C22H12BrClFN3O2/c23-12-7-16-19(20(28-22(16)30)15-9-13(25)5-6-17(15)24)18(8-12)27-21(29)14-4-2-1-3-11(14)10-26/h1-9,20H,(H,27,29)(H,28,30). The average Bonchev–Trinajstić information content (AvgIpc) is 3.06. The number of carbonyl (C=O) groups excluding carboxylic acids is 2.